The zero-order chi connectivity index (χ0) is 21.1. The lowest BCUT2D eigenvalue weighted by molar-refractivity contribution is -0.134. The molecule has 2 saturated heterocycles. The van der Waals surface area contributed by atoms with Gasteiger partial charge in [-0.3, -0.25) is 14.9 Å². The molecule has 30 heavy (non-hydrogen) atoms. The van der Waals surface area contributed by atoms with Crippen LogP contribution in [-0.4, -0.2) is 63.7 Å². The Morgan fingerprint density at radius 3 is 2.97 bits per heavy atom. The first kappa shape index (κ1) is 21.0. The van der Waals surface area contributed by atoms with E-state index in [1.807, 2.05) is 12.1 Å². The van der Waals surface area contributed by atoms with E-state index in [1.54, 1.807) is 16.7 Å². The summed E-state index contributed by atoms with van der Waals surface area (Å²) in [5, 5.41) is 6.58. The Morgan fingerprint density at radius 2 is 2.17 bits per heavy atom. The van der Waals surface area contributed by atoms with E-state index < -0.39 is 17.3 Å². The van der Waals surface area contributed by atoms with Crippen molar-refractivity contribution in [2.24, 2.45) is 10.8 Å². The van der Waals surface area contributed by atoms with Gasteiger partial charge in [-0.2, -0.15) is 5.10 Å². The summed E-state index contributed by atoms with van der Waals surface area (Å²) >= 11 is 3.09. The molecule has 4 N–H and O–H groups in total. The van der Waals surface area contributed by atoms with Gasteiger partial charge in [-0.15, -0.1) is 23.5 Å². The van der Waals surface area contributed by atoms with Gasteiger partial charge < -0.3 is 10.6 Å². The number of carbonyl (C=O) groups excluding carboxylic acids is 3. The molecule has 2 heterocycles. The first-order chi connectivity index (χ1) is 14.5. The van der Waals surface area contributed by atoms with Crippen LogP contribution in [0.4, 0.5) is 4.79 Å². The van der Waals surface area contributed by atoms with Crippen LogP contribution in [-0.2, 0) is 16.0 Å². The maximum Gasteiger partial charge on any atom is 0.332 e. The van der Waals surface area contributed by atoms with Gasteiger partial charge >= 0.3 is 6.03 Å². The summed E-state index contributed by atoms with van der Waals surface area (Å²) in [6.07, 6.45) is 4.76. The molecule has 0 saturated carbocycles. The van der Waals surface area contributed by atoms with Crippen molar-refractivity contribution >= 4 is 53.5 Å². The third-order valence-corrected chi connectivity index (χ3v) is 7.58. The van der Waals surface area contributed by atoms with Gasteiger partial charge in [-0.25, -0.2) is 10.2 Å². The molecule has 2 aliphatic heterocycles. The van der Waals surface area contributed by atoms with Crippen LogP contribution >= 0.6 is 23.5 Å². The van der Waals surface area contributed by atoms with Crippen LogP contribution < -0.4 is 16.5 Å². The summed E-state index contributed by atoms with van der Waals surface area (Å²) < 4.78 is 0. The van der Waals surface area contributed by atoms with Gasteiger partial charge in [-0.05, 0) is 17.5 Å². The molecule has 0 aromatic heterocycles. The highest BCUT2D eigenvalue weighted by Crippen LogP contribution is 2.31. The van der Waals surface area contributed by atoms with Crippen molar-refractivity contribution in [2.45, 2.75) is 30.2 Å². The van der Waals surface area contributed by atoms with Crippen molar-refractivity contribution in [3.63, 3.8) is 0 Å². The number of fused-ring (bicyclic) bond motifs is 1. The molecule has 1 aromatic rings. The van der Waals surface area contributed by atoms with Crippen molar-refractivity contribution in [1.82, 2.24) is 15.6 Å². The third-order valence-electron chi connectivity index (χ3n) is 5.31. The number of hydrogen-bond donors (Lipinski definition) is 3. The molecule has 4 rings (SSSR count). The minimum atomic E-state index is -0.752. The SMILES string of the molecule is NC(=O)NN=C[C@@H]1CSCN1C(=O)[C@H]1NCSC1C(=O)CC1=Cc2ccccc2C1. The lowest BCUT2D eigenvalue weighted by atomic mass is 10.0. The van der Waals surface area contributed by atoms with Gasteiger partial charge in [0.1, 0.15) is 6.04 Å². The fraction of sp³-hybridized carbons (Fsp3) is 0.400. The molecular weight excluding hydrogens is 422 g/mol. The van der Waals surface area contributed by atoms with Crippen molar-refractivity contribution in [3.8, 4) is 0 Å². The average molecular weight is 446 g/mol. The molecule has 3 atom stereocenters. The second-order valence-electron chi connectivity index (χ2n) is 7.36. The highest BCUT2D eigenvalue weighted by atomic mass is 32.2. The van der Waals surface area contributed by atoms with Gasteiger partial charge in [0.2, 0.25) is 5.91 Å². The summed E-state index contributed by atoms with van der Waals surface area (Å²) in [6, 6.07) is 6.60. The van der Waals surface area contributed by atoms with Gasteiger partial charge in [0.25, 0.3) is 0 Å². The van der Waals surface area contributed by atoms with Crippen molar-refractivity contribution < 1.29 is 14.4 Å². The van der Waals surface area contributed by atoms with Crippen LogP contribution in [0.2, 0.25) is 0 Å². The van der Waals surface area contributed by atoms with Crippen LogP contribution in [0.25, 0.3) is 6.08 Å². The predicted molar refractivity (Wildman–Crippen MR) is 120 cm³/mol. The van der Waals surface area contributed by atoms with E-state index in [9.17, 15) is 14.4 Å². The van der Waals surface area contributed by atoms with Crippen LogP contribution in [0.1, 0.15) is 17.5 Å². The molecular formula is C20H23N5O3S2. The monoisotopic (exact) mass is 445 g/mol. The number of thioether (sulfide) groups is 2. The van der Waals surface area contributed by atoms with Crippen LogP contribution in [0, 0.1) is 0 Å². The first-order valence-corrected chi connectivity index (χ1v) is 11.8. The highest BCUT2D eigenvalue weighted by molar-refractivity contribution is 8.01. The summed E-state index contributed by atoms with van der Waals surface area (Å²) in [5.41, 5.74) is 10.7. The summed E-state index contributed by atoms with van der Waals surface area (Å²) in [4.78, 5) is 38.7. The maximum absolute atomic E-state index is 13.2. The number of hydrazone groups is 1. The van der Waals surface area contributed by atoms with E-state index in [4.69, 9.17) is 5.73 Å². The molecule has 3 amide bonds. The Hall–Kier alpha value is -2.30. The lowest BCUT2D eigenvalue weighted by Crippen LogP contribution is -2.52. The van der Waals surface area contributed by atoms with Crippen molar-refractivity contribution in [2.75, 3.05) is 17.5 Å². The standard InChI is InChI=1S/C20H23N5O3S2/c21-20(28)24-23-8-15-9-29-11-25(15)19(27)17-18(30-10-22-17)16(26)7-12-5-13-3-1-2-4-14(13)6-12/h1-5,8,15,17-18,22H,6-7,9-11H2,(H3,21,24,28)/t15-,17+,18?/m1/s1. The smallest absolute Gasteiger partial charge is 0.332 e. The van der Waals surface area contributed by atoms with E-state index in [2.05, 4.69) is 34.1 Å². The average Bonchev–Trinajstić information content (AvgIpc) is 3.45. The van der Waals surface area contributed by atoms with Gasteiger partial charge in [-0.1, -0.05) is 35.9 Å². The molecule has 1 unspecified atom stereocenters. The fourth-order valence-corrected chi connectivity index (χ4v) is 6.15. The highest BCUT2D eigenvalue weighted by Gasteiger charge is 2.42. The second-order valence-corrected chi connectivity index (χ2v) is 9.49. The van der Waals surface area contributed by atoms with E-state index >= 15 is 0 Å². The Morgan fingerprint density at radius 1 is 1.33 bits per heavy atom. The summed E-state index contributed by atoms with van der Waals surface area (Å²) in [5.74, 6) is 1.74. The Kier molecular flexibility index (Phi) is 6.45. The number of rotatable bonds is 6. The number of ketones is 1. The number of carbonyl (C=O) groups is 3. The van der Waals surface area contributed by atoms with Crippen molar-refractivity contribution in [1.29, 1.82) is 0 Å². The molecule has 2 fully saturated rings. The molecule has 1 aromatic carbocycles. The van der Waals surface area contributed by atoms with Crippen molar-refractivity contribution in [3.05, 3.63) is 41.0 Å². The largest absolute Gasteiger partial charge is 0.350 e. The van der Waals surface area contributed by atoms with E-state index in [0.717, 1.165) is 12.0 Å². The summed E-state index contributed by atoms with van der Waals surface area (Å²) in [6.45, 7) is 0. The molecule has 10 heteroatoms. The molecule has 0 bridgehead atoms. The molecule has 1 aliphatic carbocycles. The number of Topliss-reactive ketones (excluding diaryl/α,β-unsaturated/α-hetero) is 1. The van der Waals surface area contributed by atoms with E-state index in [0.29, 0.717) is 23.9 Å². The number of nitrogens with two attached hydrogens (primary N) is 1. The Labute approximate surface area is 183 Å². The van der Waals surface area contributed by atoms with Crippen LogP contribution in [0.3, 0.4) is 0 Å². The summed E-state index contributed by atoms with van der Waals surface area (Å²) in [7, 11) is 0. The number of benzene rings is 1. The van der Waals surface area contributed by atoms with Crippen LogP contribution in [0.5, 0.6) is 0 Å². The van der Waals surface area contributed by atoms with E-state index in [-0.39, 0.29) is 17.7 Å². The van der Waals surface area contributed by atoms with E-state index in [1.165, 1.54) is 29.1 Å². The number of primary amides is 1. The minimum absolute atomic E-state index is 0.0786. The van der Waals surface area contributed by atoms with Crippen LogP contribution in [0.15, 0.2) is 34.9 Å². The number of urea groups is 1. The Balaban J connectivity index is 1.39. The zero-order valence-corrected chi connectivity index (χ0v) is 17.9. The second kappa shape index (κ2) is 9.23. The number of nitrogens with zero attached hydrogens (tertiary/aromatic N) is 2. The predicted octanol–water partition coefficient (Wildman–Crippen LogP) is 1.17. The molecule has 158 valence electrons. The third kappa shape index (κ3) is 4.55. The number of nitrogens with one attached hydrogen (secondary N) is 2. The quantitative estimate of drug-likeness (QED) is 0.447. The maximum atomic E-state index is 13.2. The fourth-order valence-electron chi connectivity index (χ4n) is 3.89. The zero-order valence-electron chi connectivity index (χ0n) is 16.2. The number of allylic oxidation sites excluding steroid dienone is 1. The van der Waals surface area contributed by atoms with Gasteiger partial charge in [0.15, 0.2) is 5.78 Å². The Bertz CT molecular complexity index is 919. The minimum Gasteiger partial charge on any atom is -0.350 e. The van der Waals surface area contributed by atoms with Gasteiger partial charge in [0.05, 0.1) is 17.2 Å². The lowest BCUT2D eigenvalue weighted by Gasteiger charge is -2.26. The molecule has 8 nitrogen and oxygen atoms in total. The molecule has 0 spiro atoms. The normalized spacial score (nSPS) is 25.4. The molecule has 0 radical (unpaired) electrons. The number of amides is 3. The topological polar surface area (TPSA) is 117 Å². The number of hydrogen-bond acceptors (Lipinski definition) is 7. The van der Waals surface area contributed by atoms with Gasteiger partial charge in [0, 0.05) is 24.3 Å². The molecule has 3 aliphatic rings. The first-order valence-electron chi connectivity index (χ1n) is 9.65.